The van der Waals surface area contributed by atoms with Crippen molar-refractivity contribution in [2.24, 2.45) is 0 Å². The molecule has 1 aromatic heterocycles. The highest BCUT2D eigenvalue weighted by molar-refractivity contribution is 6.30. The van der Waals surface area contributed by atoms with Crippen LogP contribution in [0.5, 0.6) is 0 Å². The van der Waals surface area contributed by atoms with Gasteiger partial charge in [0.1, 0.15) is 5.82 Å². The molecule has 0 saturated carbocycles. The molecule has 2 N–H and O–H groups in total. The van der Waals surface area contributed by atoms with Crippen LogP contribution in [0.25, 0.3) is 11.4 Å². The summed E-state index contributed by atoms with van der Waals surface area (Å²) in [5, 5.41) is 0.718. The number of nitrogen functional groups attached to an aromatic ring is 1. The first-order valence-electron chi connectivity index (χ1n) is 7.13. The van der Waals surface area contributed by atoms with E-state index in [2.05, 4.69) is 34.2 Å². The number of nitrogens with zero attached hydrogens (tertiary/aromatic N) is 2. The van der Waals surface area contributed by atoms with Crippen LogP contribution in [0.3, 0.4) is 0 Å². The largest absolute Gasteiger partial charge is 0.384 e. The highest BCUT2D eigenvalue weighted by atomic mass is 35.5. The lowest BCUT2D eigenvalue weighted by molar-refractivity contribution is 0.958. The van der Waals surface area contributed by atoms with Crippen LogP contribution >= 0.6 is 11.6 Å². The molecule has 0 aliphatic carbocycles. The Morgan fingerprint density at radius 3 is 2.55 bits per heavy atom. The Morgan fingerprint density at radius 1 is 0.955 bits per heavy atom. The average molecular weight is 310 g/mol. The third kappa shape index (κ3) is 3.43. The van der Waals surface area contributed by atoms with Gasteiger partial charge in [-0.05, 0) is 48.2 Å². The van der Waals surface area contributed by atoms with Crippen molar-refractivity contribution in [1.82, 2.24) is 9.97 Å². The van der Waals surface area contributed by atoms with E-state index in [0.717, 1.165) is 29.0 Å². The van der Waals surface area contributed by atoms with E-state index in [4.69, 9.17) is 17.3 Å². The molecule has 0 bridgehead atoms. The molecule has 3 nitrogen and oxygen atoms in total. The van der Waals surface area contributed by atoms with Gasteiger partial charge in [0.15, 0.2) is 5.82 Å². The van der Waals surface area contributed by atoms with Crippen molar-refractivity contribution in [1.29, 1.82) is 0 Å². The highest BCUT2D eigenvalue weighted by Crippen LogP contribution is 2.25. The van der Waals surface area contributed by atoms with Gasteiger partial charge in [-0.25, -0.2) is 9.97 Å². The number of nitrogens with two attached hydrogens (primary N) is 1. The molecule has 0 amide bonds. The quantitative estimate of drug-likeness (QED) is 0.787. The van der Waals surface area contributed by atoms with E-state index in [1.54, 1.807) is 12.3 Å². The molecule has 0 aliphatic heterocycles. The molecule has 0 saturated heterocycles. The number of aryl methyl sites for hydroxylation is 2. The molecular weight excluding hydrogens is 294 g/mol. The van der Waals surface area contributed by atoms with Crippen LogP contribution in [-0.4, -0.2) is 9.97 Å². The number of rotatable bonds is 4. The van der Waals surface area contributed by atoms with E-state index >= 15 is 0 Å². The first-order chi connectivity index (χ1) is 10.7. The zero-order chi connectivity index (χ0) is 15.4. The molecule has 22 heavy (non-hydrogen) atoms. The molecule has 1 heterocycles. The van der Waals surface area contributed by atoms with Crippen LogP contribution in [-0.2, 0) is 12.8 Å². The van der Waals surface area contributed by atoms with Crippen LogP contribution in [0.1, 0.15) is 11.1 Å². The van der Waals surface area contributed by atoms with Gasteiger partial charge in [-0.3, -0.25) is 0 Å². The van der Waals surface area contributed by atoms with Gasteiger partial charge in [0.05, 0.1) is 0 Å². The van der Waals surface area contributed by atoms with E-state index in [-0.39, 0.29) is 0 Å². The zero-order valence-electron chi connectivity index (χ0n) is 12.0. The predicted molar refractivity (Wildman–Crippen MR) is 90.7 cm³/mol. The molecule has 110 valence electrons. The van der Waals surface area contributed by atoms with Crippen molar-refractivity contribution in [2.75, 3.05) is 5.73 Å². The molecule has 0 unspecified atom stereocenters. The summed E-state index contributed by atoms with van der Waals surface area (Å²) >= 11 is 6.15. The molecule has 2 aromatic carbocycles. The maximum absolute atomic E-state index is 6.15. The van der Waals surface area contributed by atoms with Crippen molar-refractivity contribution >= 4 is 17.4 Å². The van der Waals surface area contributed by atoms with Crippen molar-refractivity contribution in [3.63, 3.8) is 0 Å². The third-order valence-corrected chi connectivity index (χ3v) is 3.75. The fourth-order valence-corrected chi connectivity index (χ4v) is 2.61. The zero-order valence-corrected chi connectivity index (χ0v) is 12.8. The van der Waals surface area contributed by atoms with E-state index in [9.17, 15) is 0 Å². The first-order valence-corrected chi connectivity index (χ1v) is 7.51. The molecule has 4 heteroatoms. The van der Waals surface area contributed by atoms with Gasteiger partial charge < -0.3 is 5.73 Å². The number of hydrogen-bond donors (Lipinski definition) is 1. The van der Waals surface area contributed by atoms with Gasteiger partial charge in [0.25, 0.3) is 0 Å². The van der Waals surface area contributed by atoms with Gasteiger partial charge in [0.2, 0.25) is 0 Å². The van der Waals surface area contributed by atoms with Crippen LogP contribution in [0, 0.1) is 0 Å². The van der Waals surface area contributed by atoms with Crippen LogP contribution < -0.4 is 5.73 Å². The Morgan fingerprint density at radius 2 is 1.77 bits per heavy atom. The second kappa shape index (κ2) is 6.58. The summed E-state index contributed by atoms with van der Waals surface area (Å²) < 4.78 is 0. The van der Waals surface area contributed by atoms with Crippen molar-refractivity contribution in [3.05, 3.63) is 76.9 Å². The lowest BCUT2D eigenvalue weighted by Gasteiger charge is -2.10. The van der Waals surface area contributed by atoms with Crippen LogP contribution in [0.15, 0.2) is 60.8 Å². The summed E-state index contributed by atoms with van der Waals surface area (Å²) in [5.41, 5.74) is 9.16. The summed E-state index contributed by atoms with van der Waals surface area (Å²) in [6, 6.07) is 17.9. The second-order valence-corrected chi connectivity index (χ2v) is 5.53. The predicted octanol–water partition coefficient (Wildman–Crippen LogP) is 4.16. The minimum absolute atomic E-state index is 0.467. The Hall–Kier alpha value is -2.39. The monoisotopic (exact) mass is 309 g/mol. The number of aromatic nitrogens is 2. The summed E-state index contributed by atoms with van der Waals surface area (Å²) in [5.74, 6) is 1.11. The van der Waals surface area contributed by atoms with Gasteiger partial charge in [0, 0.05) is 16.8 Å². The summed E-state index contributed by atoms with van der Waals surface area (Å²) in [7, 11) is 0. The Balaban J connectivity index is 1.91. The summed E-state index contributed by atoms with van der Waals surface area (Å²) in [6.45, 7) is 0. The number of halogens is 1. The van der Waals surface area contributed by atoms with Gasteiger partial charge in [-0.15, -0.1) is 0 Å². The molecule has 0 atom stereocenters. The third-order valence-electron chi connectivity index (χ3n) is 3.51. The minimum Gasteiger partial charge on any atom is -0.384 e. The van der Waals surface area contributed by atoms with E-state index in [1.165, 1.54) is 5.56 Å². The van der Waals surface area contributed by atoms with Gasteiger partial charge in [-0.1, -0.05) is 41.9 Å². The SMILES string of the molecule is Nc1ccnc(-c2ccc(Cl)cc2CCc2ccccc2)n1. The maximum Gasteiger partial charge on any atom is 0.161 e. The Kier molecular flexibility index (Phi) is 4.35. The van der Waals surface area contributed by atoms with E-state index < -0.39 is 0 Å². The molecule has 0 aliphatic rings. The van der Waals surface area contributed by atoms with Crippen molar-refractivity contribution in [3.8, 4) is 11.4 Å². The first kappa shape index (κ1) is 14.5. The van der Waals surface area contributed by atoms with Crippen LogP contribution in [0.2, 0.25) is 5.02 Å². The smallest absolute Gasteiger partial charge is 0.161 e. The number of benzene rings is 2. The average Bonchev–Trinajstić information content (AvgIpc) is 2.54. The molecule has 0 spiro atoms. The lowest BCUT2D eigenvalue weighted by Crippen LogP contribution is -1.99. The molecule has 3 aromatic rings. The van der Waals surface area contributed by atoms with Crippen molar-refractivity contribution < 1.29 is 0 Å². The van der Waals surface area contributed by atoms with Gasteiger partial charge in [-0.2, -0.15) is 0 Å². The molecule has 0 fully saturated rings. The standard InChI is InChI=1S/C18H16ClN3/c19-15-8-9-16(18-21-11-10-17(20)22-18)14(12-15)7-6-13-4-2-1-3-5-13/h1-5,8-12H,6-7H2,(H2,20,21,22). The topological polar surface area (TPSA) is 51.8 Å². The lowest BCUT2D eigenvalue weighted by atomic mass is 9.99. The number of anilines is 1. The minimum atomic E-state index is 0.467. The fourth-order valence-electron chi connectivity index (χ4n) is 2.41. The summed E-state index contributed by atoms with van der Waals surface area (Å²) in [4.78, 5) is 8.63. The Bertz CT molecular complexity index is 772. The Labute approximate surface area is 134 Å². The van der Waals surface area contributed by atoms with Crippen molar-refractivity contribution in [2.45, 2.75) is 12.8 Å². The highest BCUT2D eigenvalue weighted by Gasteiger charge is 2.09. The number of hydrogen-bond acceptors (Lipinski definition) is 3. The fraction of sp³-hybridized carbons (Fsp3) is 0.111. The van der Waals surface area contributed by atoms with E-state index in [0.29, 0.717) is 11.6 Å². The molecule has 0 radical (unpaired) electrons. The van der Waals surface area contributed by atoms with Crippen LogP contribution in [0.4, 0.5) is 5.82 Å². The maximum atomic E-state index is 6.15. The van der Waals surface area contributed by atoms with E-state index in [1.807, 2.05) is 24.3 Å². The molecular formula is C18H16ClN3. The second-order valence-electron chi connectivity index (χ2n) is 5.09. The van der Waals surface area contributed by atoms with Gasteiger partial charge >= 0.3 is 0 Å². The normalized spacial score (nSPS) is 10.6. The molecule has 3 rings (SSSR count). The summed E-state index contributed by atoms with van der Waals surface area (Å²) in [6.07, 6.45) is 3.49.